The second-order valence-electron chi connectivity index (χ2n) is 5.58. The molecule has 0 aliphatic rings. The summed E-state index contributed by atoms with van der Waals surface area (Å²) in [5.41, 5.74) is 0.647. The highest BCUT2D eigenvalue weighted by Crippen LogP contribution is 2.19. The van der Waals surface area contributed by atoms with Crippen LogP contribution in [0.2, 0.25) is 0 Å². The summed E-state index contributed by atoms with van der Waals surface area (Å²) in [6.45, 7) is 0.715. The molecule has 0 heterocycles. The Balaban J connectivity index is 1.56. The second-order valence-corrected chi connectivity index (χ2v) is 5.58. The Kier molecular flexibility index (Phi) is 6.20. The van der Waals surface area contributed by atoms with Crippen LogP contribution in [0, 0.1) is 0 Å². The number of carbonyl (C=O) groups is 2. The van der Waals surface area contributed by atoms with Crippen molar-refractivity contribution in [3.63, 3.8) is 0 Å². The molecule has 0 saturated heterocycles. The molecule has 5 nitrogen and oxygen atoms in total. The van der Waals surface area contributed by atoms with Crippen LogP contribution < -0.4 is 14.2 Å². The van der Waals surface area contributed by atoms with Crippen LogP contribution in [0.3, 0.4) is 0 Å². The molecular formula is C22H18O5. The number of para-hydroxylation sites is 2. The maximum absolute atomic E-state index is 12.3. The van der Waals surface area contributed by atoms with Crippen LogP contribution in [0.25, 0.3) is 0 Å². The van der Waals surface area contributed by atoms with E-state index < -0.39 is 5.97 Å². The Hall–Kier alpha value is -3.60. The molecule has 0 saturated carbocycles. The predicted octanol–water partition coefficient (Wildman–Crippen LogP) is 4.18. The van der Waals surface area contributed by atoms with E-state index in [0.29, 0.717) is 36.4 Å². The molecule has 0 aliphatic carbocycles. The molecule has 27 heavy (non-hydrogen) atoms. The summed E-state index contributed by atoms with van der Waals surface area (Å²) in [5, 5.41) is 0. The van der Waals surface area contributed by atoms with Gasteiger partial charge < -0.3 is 14.2 Å². The van der Waals surface area contributed by atoms with E-state index in [1.807, 2.05) is 30.3 Å². The lowest BCUT2D eigenvalue weighted by atomic mass is 10.2. The lowest BCUT2D eigenvalue weighted by molar-refractivity contribution is 0.0733. The van der Waals surface area contributed by atoms with Gasteiger partial charge in [0, 0.05) is 0 Å². The first kappa shape index (κ1) is 18.2. The monoisotopic (exact) mass is 362 g/mol. The number of hydrogen-bond acceptors (Lipinski definition) is 5. The molecule has 0 bridgehead atoms. The van der Waals surface area contributed by atoms with E-state index in [4.69, 9.17) is 14.2 Å². The van der Waals surface area contributed by atoms with E-state index in [9.17, 15) is 9.59 Å². The van der Waals surface area contributed by atoms with E-state index in [2.05, 4.69) is 0 Å². The van der Waals surface area contributed by atoms with Crippen molar-refractivity contribution >= 4 is 12.3 Å². The van der Waals surface area contributed by atoms with Crippen molar-refractivity contribution in [2.45, 2.75) is 0 Å². The minimum absolute atomic E-state index is 0.222. The molecule has 3 aromatic carbocycles. The molecule has 0 atom stereocenters. The third kappa shape index (κ3) is 5.19. The van der Waals surface area contributed by atoms with Crippen molar-refractivity contribution in [2.24, 2.45) is 0 Å². The molecule has 0 aliphatic heterocycles. The Morgan fingerprint density at radius 1 is 0.778 bits per heavy atom. The van der Waals surface area contributed by atoms with Gasteiger partial charge in [0.25, 0.3) is 0 Å². The highest BCUT2D eigenvalue weighted by molar-refractivity contribution is 5.93. The highest BCUT2D eigenvalue weighted by Gasteiger charge is 2.12. The number of aldehydes is 1. The van der Waals surface area contributed by atoms with Crippen LogP contribution >= 0.6 is 0 Å². The van der Waals surface area contributed by atoms with Crippen molar-refractivity contribution in [3.8, 4) is 17.2 Å². The third-order valence-corrected chi connectivity index (χ3v) is 3.68. The first-order valence-electron chi connectivity index (χ1n) is 8.43. The Morgan fingerprint density at radius 3 is 2.22 bits per heavy atom. The third-order valence-electron chi connectivity index (χ3n) is 3.68. The summed E-state index contributed by atoms with van der Waals surface area (Å²) in [5.74, 6) is 0.965. The van der Waals surface area contributed by atoms with Crippen LogP contribution in [0.1, 0.15) is 20.7 Å². The molecule has 5 heteroatoms. The number of esters is 1. The van der Waals surface area contributed by atoms with Gasteiger partial charge in [-0.25, -0.2) is 4.79 Å². The maximum Gasteiger partial charge on any atom is 0.343 e. The zero-order chi connectivity index (χ0) is 18.9. The van der Waals surface area contributed by atoms with Crippen LogP contribution in [-0.2, 0) is 0 Å². The zero-order valence-corrected chi connectivity index (χ0v) is 14.5. The average molecular weight is 362 g/mol. The van der Waals surface area contributed by atoms with E-state index in [0.717, 1.165) is 5.75 Å². The van der Waals surface area contributed by atoms with E-state index >= 15 is 0 Å². The van der Waals surface area contributed by atoms with Gasteiger partial charge in [0.1, 0.15) is 30.5 Å². The van der Waals surface area contributed by atoms with Gasteiger partial charge in [-0.2, -0.15) is 0 Å². The van der Waals surface area contributed by atoms with Gasteiger partial charge in [-0.3, -0.25) is 4.79 Å². The summed E-state index contributed by atoms with van der Waals surface area (Å²) in [6.07, 6.45) is 0.648. The normalized spacial score (nSPS) is 10.1. The first-order chi connectivity index (χ1) is 13.3. The summed E-state index contributed by atoms with van der Waals surface area (Å²) < 4.78 is 16.5. The molecule has 3 aromatic rings. The summed E-state index contributed by atoms with van der Waals surface area (Å²) >= 11 is 0. The molecule has 0 amide bonds. The van der Waals surface area contributed by atoms with Gasteiger partial charge in [0.15, 0.2) is 6.29 Å². The molecular weight excluding hydrogens is 344 g/mol. The fourth-order valence-corrected chi connectivity index (χ4v) is 2.38. The fourth-order valence-electron chi connectivity index (χ4n) is 2.38. The quantitative estimate of drug-likeness (QED) is 0.260. The molecule has 136 valence electrons. The minimum Gasteiger partial charge on any atom is -0.490 e. The Labute approximate surface area is 157 Å². The predicted molar refractivity (Wildman–Crippen MR) is 101 cm³/mol. The van der Waals surface area contributed by atoms with Crippen molar-refractivity contribution in [2.75, 3.05) is 13.2 Å². The Bertz CT molecular complexity index is 905. The van der Waals surface area contributed by atoms with Crippen molar-refractivity contribution < 1.29 is 23.8 Å². The summed E-state index contributed by atoms with van der Waals surface area (Å²) in [7, 11) is 0. The van der Waals surface area contributed by atoms with Crippen molar-refractivity contribution in [1.82, 2.24) is 0 Å². The van der Waals surface area contributed by atoms with Gasteiger partial charge in [0.2, 0.25) is 0 Å². The van der Waals surface area contributed by atoms with Crippen LogP contribution in [-0.4, -0.2) is 25.5 Å². The van der Waals surface area contributed by atoms with Crippen molar-refractivity contribution in [1.29, 1.82) is 0 Å². The maximum atomic E-state index is 12.3. The van der Waals surface area contributed by atoms with Gasteiger partial charge in [-0.05, 0) is 42.5 Å². The average Bonchev–Trinajstić information content (AvgIpc) is 2.72. The van der Waals surface area contributed by atoms with E-state index in [1.165, 1.54) is 0 Å². The van der Waals surface area contributed by atoms with Crippen LogP contribution in [0.4, 0.5) is 0 Å². The SMILES string of the molecule is O=Cc1ccccc1OC(=O)c1cccc(OCCOc2ccccc2)c1. The van der Waals surface area contributed by atoms with Gasteiger partial charge >= 0.3 is 5.97 Å². The largest absolute Gasteiger partial charge is 0.490 e. The van der Waals surface area contributed by atoms with Gasteiger partial charge in [-0.15, -0.1) is 0 Å². The number of ether oxygens (including phenoxy) is 3. The fraction of sp³-hybridized carbons (Fsp3) is 0.0909. The molecule has 0 aromatic heterocycles. The van der Waals surface area contributed by atoms with E-state index in [1.54, 1.807) is 48.5 Å². The standard InChI is InChI=1S/C22H18O5/c23-16-18-7-4-5-12-21(18)27-22(24)17-8-6-11-20(15-17)26-14-13-25-19-9-2-1-3-10-19/h1-12,15-16H,13-14H2. The van der Waals surface area contributed by atoms with E-state index in [-0.39, 0.29) is 5.75 Å². The first-order valence-corrected chi connectivity index (χ1v) is 8.43. The van der Waals surface area contributed by atoms with Gasteiger partial charge in [-0.1, -0.05) is 36.4 Å². The minimum atomic E-state index is -0.560. The molecule has 0 spiro atoms. The summed E-state index contributed by atoms with van der Waals surface area (Å²) in [4.78, 5) is 23.4. The van der Waals surface area contributed by atoms with Crippen molar-refractivity contribution in [3.05, 3.63) is 90.0 Å². The zero-order valence-electron chi connectivity index (χ0n) is 14.5. The van der Waals surface area contributed by atoms with Crippen LogP contribution in [0.5, 0.6) is 17.2 Å². The topological polar surface area (TPSA) is 61.8 Å². The molecule has 0 fully saturated rings. The van der Waals surface area contributed by atoms with Gasteiger partial charge in [0.05, 0.1) is 11.1 Å². The smallest absolute Gasteiger partial charge is 0.343 e. The molecule has 3 rings (SSSR count). The highest BCUT2D eigenvalue weighted by atomic mass is 16.5. The molecule has 0 radical (unpaired) electrons. The number of carbonyl (C=O) groups excluding carboxylic acids is 2. The number of rotatable bonds is 8. The summed E-state index contributed by atoms with van der Waals surface area (Å²) in [6, 6.07) is 22.7. The molecule has 0 N–H and O–H groups in total. The second kappa shape index (κ2) is 9.20. The lowest BCUT2D eigenvalue weighted by Crippen LogP contribution is -2.11. The number of benzene rings is 3. The Morgan fingerprint density at radius 2 is 1.44 bits per heavy atom. The van der Waals surface area contributed by atoms with Crippen LogP contribution in [0.15, 0.2) is 78.9 Å². The lowest BCUT2D eigenvalue weighted by Gasteiger charge is -2.10. The molecule has 0 unspecified atom stereocenters. The number of hydrogen-bond donors (Lipinski definition) is 0.